The van der Waals surface area contributed by atoms with E-state index in [-0.39, 0.29) is 31.0 Å². The number of carbonyl (C=O) groups is 4. The number of ketones is 2. The molecule has 2 N–H and O–H groups in total. The summed E-state index contributed by atoms with van der Waals surface area (Å²) >= 11 is 0. The van der Waals surface area contributed by atoms with Crippen molar-refractivity contribution in [2.75, 3.05) is 6.61 Å². The van der Waals surface area contributed by atoms with Crippen molar-refractivity contribution in [3.8, 4) is 0 Å². The van der Waals surface area contributed by atoms with Gasteiger partial charge < -0.3 is 24.4 Å². The SMILES string of the molecule is CC1(C)O[C@@H]2C[C@H]3[C@@H]4CCC5=CC(=O)C=C[C@]5(C)[C@@]4(F)[C@@H](O)C[C@]3(C)[C@]2(C(=O)COC(=O)CC2(CC(=O)O)CC2)O1. The summed E-state index contributed by atoms with van der Waals surface area (Å²) in [6, 6.07) is 0. The number of aliphatic hydroxyl groups excluding tert-OH is 1. The van der Waals surface area contributed by atoms with E-state index in [1.54, 1.807) is 26.8 Å². The minimum absolute atomic E-state index is 0.0767. The molecule has 6 aliphatic rings. The van der Waals surface area contributed by atoms with Gasteiger partial charge in [0.1, 0.15) is 0 Å². The molecule has 5 aliphatic carbocycles. The highest BCUT2D eigenvalue weighted by atomic mass is 19.1. The number of halogens is 1. The van der Waals surface area contributed by atoms with Crippen LogP contribution in [0.5, 0.6) is 0 Å². The van der Waals surface area contributed by atoms with Crippen LogP contribution in [0.15, 0.2) is 23.8 Å². The second-order valence-corrected chi connectivity index (χ2v) is 14.2. The first-order valence-corrected chi connectivity index (χ1v) is 14.6. The second kappa shape index (κ2) is 8.80. The third-order valence-corrected chi connectivity index (χ3v) is 11.4. The fourth-order valence-electron chi connectivity index (χ4n) is 9.33. The van der Waals surface area contributed by atoms with Crippen molar-refractivity contribution < 1.29 is 48.0 Å². The first kappa shape index (κ1) is 28.7. The first-order valence-electron chi connectivity index (χ1n) is 14.6. The smallest absolute Gasteiger partial charge is 0.306 e. The van der Waals surface area contributed by atoms with Crippen molar-refractivity contribution in [2.24, 2.45) is 28.1 Å². The van der Waals surface area contributed by atoms with Crippen LogP contribution < -0.4 is 0 Å². The summed E-state index contributed by atoms with van der Waals surface area (Å²) in [4.78, 5) is 50.1. The van der Waals surface area contributed by atoms with Crippen LogP contribution >= 0.6 is 0 Å². The van der Waals surface area contributed by atoms with E-state index in [4.69, 9.17) is 19.3 Å². The predicted octanol–water partition coefficient (Wildman–Crippen LogP) is 3.61. The molecule has 9 nitrogen and oxygen atoms in total. The Morgan fingerprint density at radius 3 is 2.49 bits per heavy atom. The molecule has 1 aliphatic heterocycles. The fourth-order valence-corrected chi connectivity index (χ4v) is 9.33. The molecule has 0 radical (unpaired) electrons. The number of esters is 1. The zero-order valence-electron chi connectivity index (χ0n) is 24.0. The molecule has 6 rings (SSSR count). The highest BCUT2D eigenvalue weighted by molar-refractivity contribution is 6.01. The second-order valence-electron chi connectivity index (χ2n) is 14.2. The van der Waals surface area contributed by atoms with Crippen LogP contribution in [0.25, 0.3) is 0 Å². The number of carboxylic acids is 1. The van der Waals surface area contributed by atoms with E-state index in [9.17, 15) is 24.3 Å². The molecule has 0 aromatic carbocycles. The quantitative estimate of drug-likeness (QED) is 0.437. The number of ether oxygens (including phenoxy) is 3. The van der Waals surface area contributed by atoms with Crippen LogP contribution in [-0.2, 0) is 33.4 Å². The highest BCUT2D eigenvalue weighted by Gasteiger charge is 2.80. The van der Waals surface area contributed by atoms with Gasteiger partial charge in [0.05, 0.1) is 25.0 Å². The number of carboxylic acid groups (broad SMARTS) is 1. The number of carbonyl (C=O) groups excluding carboxylic acids is 3. The summed E-state index contributed by atoms with van der Waals surface area (Å²) in [5.74, 6) is -4.46. The Morgan fingerprint density at radius 1 is 1.12 bits per heavy atom. The highest BCUT2D eigenvalue weighted by Crippen LogP contribution is 2.72. The zero-order chi connectivity index (χ0) is 29.8. The van der Waals surface area contributed by atoms with Gasteiger partial charge in [0.25, 0.3) is 0 Å². The van der Waals surface area contributed by atoms with Crippen molar-refractivity contribution in [1.29, 1.82) is 0 Å². The van der Waals surface area contributed by atoms with E-state index in [0.717, 1.165) is 0 Å². The molecular weight excluding hydrogens is 535 g/mol. The molecule has 0 spiro atoms. The number of alkyl halides is 1. The van der Waals surface area contributed by atoms with E-state index in [2.05, 4.69) is 0 Å². The lowest BCUT2D eigenvalue weighted by atomic mass is 9.44. The maximum atomic E-state index is 17.5. The monoisotopic (exact) mass is 574 g/mol. The standard InChI is InChI=1S/C31H39FO9/c1-26(2)40-23-12-20-19-6-5-17-11-18(33)7-8-27(17,3)30(19,32)21(34)13-28(20,4)31(23,41-26)22(35)16-39-25(38)15-29(9-10-29)14-24(36)37/h7-8,11,19-21,23,34H,5-6,9-10,12-16H2,1-4H3,(H,36,37)/t19-,20-,21-,23+,27-,28-,30-,31+/m0/s1. The fraction of sp³-hybridized carbons (Fsp3) is 0.742. The number of hydrogen-bond donors (Lipinski definition) is 2. The Morgan fingerprint density at radius 2 is 1.83 bits per heavy atom. The zero-order valence-corrected chi connectivity index (χ0v) is 24.0. The molecule has 1 saturated heterocycles. The number of Topliss-reactive ketones (excluding diaryl/α,β-unsaturated/α-hetero) is 1. The maximum Gasteiger partial charge on any atom is 0.306 e. The number of rotatable bonds is 7. The predicted molar refractivity (Wildman–Crippen MR) is 141 cm³/mol. The summed E-state index contributed by atoms with van der Waals surface area (Å²) in [5, 5.41) is 20.8. The summed E-state index contributed by atoms with van der Waals surface area (Å²) in [7, 11) is 0. The molecule has 0 aromatic heterocycles. The van der Waals surface area contributed by atoms with Crippen molar-refractivity contribution in [1.82, 2.24) is 0 Å². The van der Waals surface area contributed by atoms with Crippen LogP contribution in [0.3, 0.4) is 0 Å². The van der Waals surface area contributed by atoms with Gasteiger partial charge in [-0.05, 0) is 82.8 Å². The molecule has 224 valence electrons. The van der Waals surface area contributed by atoms with Crippen LogP contribution in [0.4, 0.5) is 4.39 Å². The van der Waals surface area contributed by atoms with Gasteiger partial charge in [0.2, 0.25) is 5.78 Å². The third kappa shape index (κ3) is 3.89. The van der Waals surface area contributed by atoms with Crippen LogP contribution in [0.1, 0.15) is 79.1 Å². The Bertz CT molecular complexity index is 1280. The number of allylic oxidation sites excluding steroid dienone is 4. The summed E-state index contributed by atoms with van der Waals surface area (Å²) in [6.45, 7) is 6.41. The first-order chi connectivity index (χ1) is 19.0. The Labute approximate surface area is 238 Å². The van der Waals surface area contributed by atoms with E-state index in [1.165, 1.54) is 12.2 Å². The van der Waals surface area contributed by atoms with Crippen LogP contribution in [0.2, 0.25) is 0 Å². The Kier molecular flexibility index (Phi) is 6.15. The average molecular weight is 575 g/mol. The van der Waals surface area contributed by atoms with Gasteiger partial charge in [-0.25, -0.2) is 4.39 Å². The maximum absolute atomic E-state index is 17.5. The van der Waals surface area contributed by atoms with Crippen molar-refractivity contribution in [3.05, 3.63) is 23.8 Å². The molecular formula is C31H39FO9. The normalized spacial score (nSPS) is 44.6. The topological polar surface area (TPSA) is 136 Å². The molecule has 0 aromatic rings. The van der Waals surface area contributed by atoms with Crippen LogP contribution in [-0.4, -0.2) is 69.6 Å². The van der Waals surface area contributed by atoms with E-state index in [1.807, 2.05) is 6.92 Å². The molecule has 0 unspecified atom stereocenters. The van der Waals surface area contributed by atoms with Gasteiger partial charge in [-0.1, -0.05) is 18.6 Å². The van der Waals surface area contributed by atoms with Crippen LogP contribution in [0, 0.1) is 28.1 Å². The van der Waals surface area contributed by atoms with E-state index in [0.29, 0.717) is 37.7 Å². The summed E-state index contributed by atoms with van der Waals surface area (Å²) in [5.41, 5.74) is -5.77. The van der Waals surface area contributed by atoms with Gasteiger partial charge in [0.15, 0.2) is 29.4 Å². The molecule has 41 heavy (non-hydrogen) atoms. The van der Waals surface area contributed by atoms with Crippen molar-refractivity contribution in [3.63, 3.8) is 0 Å². The van der Waals surface area contributed by atoms with Gasteiger partial charge in [0, 0.05) is 16.7 Å². The van der Waals surface area contributed by atoms with Gasteiger partial charge in [-0.15, -0.1) is 0 Å². The Hall–Kier alpha value is -2.43. The largest absolute Gasteiger partial charge is 0.481 e. The van der Waals surface area contributed by atoms with Crippen molar-refractivity contribution in [2.45, 2.75) is 108 Å². The molecule has 10 heteroatoms. The molecule has 0 amide bonds. The number of fused-ring (bicyclic) bond motifs is 7. The lowest BCUT2D eigenvalue weighted by Crippen LogP contribution is -2.70. The lowest BCUT2D eigenvalue weighted by Gasteiger charge is -2.62. The summed E-state index contributed by atoms with van der Waals surface area (Å²) < 4.78 is 35.6. The average Bonchev–Trinajstić information content (AvgIpc) is 3.48. The lowest BCUT2D eigenvalue weighted by molar-refractivity contribution is -0.246. The van der Waals surface area contributed by atoms with Gasteiger partial charge in [-0.3, -0.25) is 19.2 Å². The number of hydrogen-bond acceptors (Lipinski definition) is 8. The van der Waals surface area contributed by atoms with E-state index >= 15 is 4.39 Å². The molecule has 8 atom stereocenters. The third-order valence-electron chi connectivity index (χ3n) is 11.4. The van der Waals surface area contributed by atoms with Gasteiger partial charge in [-0.2, -0.15) is 0 Å². The Balaban J connectivity index is 1.29. The molecule has 0 bridgehead atoms. The number of aliphatic carboxylic acids is 1. The summed E-state index contributed by atoms with van der Waals surface area (Å²) in [6.07, 6.45) is 4.43. The number of aliphatic hydroxyl groups is 1. The molecule has 1 heterocycles. The molecule has 4 saturated carbocycles. The van der Waals surface area contributed by atoms with Gasteiger partial charge >= 0.3 is 11.9 Å². The minimum atomic E-state index is -2.06. The minimum Gasteiger partial charge on any atom is -0.481 e. The van der Waals surface area contributed by atoms with E-state index < -0.39 is 75.8 Å². The van der Waals surface area contributed by atoms with Crippen molar-refractivity contribution >= 4 is 23.5 Å². The molecule has 5 fully saturated rings.